The average molecular weight is 268 g/mol. The lowest BCUT2D eigenvalue weighted by molar-refractivity contribution is -0.133. The highest BCUT2D eigenvalue weighted by molar-refractivity contribution is 5.82. The Labute approximate surface area is 116 Å². The first-order valence-electron chi connectivity index (χ1n) is 7.41. The van der Waals surface area contributed by atoms with Crippen molar-refractivity contribution in [3.8, 4) is 0 Å². The summed E-state index contributed by atoms with van der Waals surface area (Å²) in [6.45, 7) is 6.05. The maximum Gasteiger partial charge on any atom is 0.240 e. The fraction of sp³-hybridized carbons (Fsp3) is 0.929. The molecule has 2 unspecified atom stereocenters. The van der Waals surface area contributed by atoms with Crippen LogP contribution in [0.15, 0.2) is 0 Å². The van der Waals surface area contributed by atoms with Crippen LogP contribution in [-0.2, 0) is 4.79 Å². The third kappa shape index (κ3) is 4.16. The monoisotopic (exact) mass is 268 g/mol. The first-order chi connectivity index (χ1) is 9.06. The summed E-state index contributed by atoms with van der Waals surface area (Å²) in [7, 11) is 6.20. The number of carbonyl (C=O) groups is 1. The van der Waals surface area contributed by atoms with Gasteiger partial charge in [-0.3, -0.25) is 4.79 Å². The van der Waals surface area contributed by atoms with Crippen molar-refractivity contribution < 1.29 is 4.79 Å². The van der Waals surface area contributed by atoms with Crippen molar-refractivity contribution in [2.24, 2.45) is 5.92 Å². The Morgan fingerprint density at radius 1 is 1.26 bits per heavy atom. The molecule has 2 fully saturated rings. The topological polar surface area (TPSA) is 38.8 Å². The molecule has 2 atom stereocenters. The van der Waals surface area contributed by atoms with Gasteiger partial charge in [-0.2, -0.15) is 0 Å². The number of hydrogen-bond acceptors (Lipinski definition) is 4. The molecule has 0 bridgehead atoms. The first kappa shape index (κ1) is 14.8. The predicted octanol–water partition coefficient (Wildman–Crippen LogP) is -0.310. The Morgan fingerprint density at radius 2 is 2.00 bits per heavy atom. The highest BCUT2D eigenvalue weighted by atomic mass is 16.2. The minimum atomic E-state index is -0.0185. The third-order valence-corrected chi connectivity index (χ3v) is 4.41. The summed E-state index contributed by atoms with van der Waals surface area (Å²) >= 11 is 0. The van der Waals surface area contributed by atoms with Crippen LogP contribution in [0.5, 0.6) is 0 Å². The van der Waals surface area contributed by atoms with E-state index in [1.807, 2.05) is 11.9 Å². The number of nitrogens with zero attached hydrogens (tertiary/aromatic N) is 3. The molecular weight excluding hydrogens is 240 g/mol. The van der Waals surface area contributed by atoms with Crippen molar-refractivity contribution >= 4 is 5.91 Å². The van der Waals surface area contributed by atoms with Crippen LogP contribution in [0.3, 0.4) is 0 Å². The normalized spacial score (nSPS) is 29.6. The van der Waals surface area contributed by atoms with Gasteiger partial charge in [0.2, 0.25) is 5.91 Å². The Balaban J connectivity index is 1.72. The van der Waals surface area contributed by atoms with Crippen molar-refractivity contribution in [1.29, 1.82) is 0 Å². The number of piperazine rings is 1. The number of carbonyl (C=O) groups excluding carboxylic acids is 1. The van der Waals surface area contributed by atoms with E-state index in [9.17, 15) is 4.79 Å². The first-order valence-corrected chi connectivity index (χ1v) is 7.41. The molecule has 0 aromatic carbocycles. The fourth-order valence-corrected chi connectivity index (χ4v) is 3.08. The summed E-state index contributed by atoms with van der Waals surface area (Å²) < 4.78 is 0. The number of likely N-dealkylation sites (tertiary alicyclic amines) is 1. The van der Waals surface area contributed by atoms with Crippen LogP contribution in [0.2, 0.25) is 0 Å². The van der Waals surface area contributed by atoms with E-state index in [1.54, 1.807) is 0 Å². The van der Waals surface area contributed by atoms with Gasteiger partial charge in [0.25, 0.3) is 0 Å². The smallest absolute Gasteiger partial charge is 0.240 e. The molecule has 2 saturated heterocycles. The van der Waals surface area contributed by atoms with Gasteiger partial charge in [0, 0.05) is 39.8 Å². The molecule has 5 nitrogen and oxygen atoms in total. The van der Waals surface area contributed by atoms with E-state index in [2.05, 4.69) is 29.2 Å². The number of amides is 1. The number of likely N-dealkylation sites (N-methyl/N-ethyl adjacent to an activating group) is 2. The number of hydrogen-bond donors (Lipinski definition) is 1. The molecule has 0 aromatic heterocycles. The van der Waals surface area contributed by atoms with Crippen LogP contribution in [0.4, 0.5) is 0 Å². The van der Waals surface area contributed by atoms with Crippen LogP contribution in [0.25, 0.3) is 0 Å². The maximum absolute atomic E-state index is 12.3. The van der Waals surface area contributed by atoms with Gasteiger partial charge < -0.3 is 20.0 Å². The fourth-order valence-electron chi connectivity index (χ4n) is 3.08. The Bertz CT molecular complexity index is 310. The molecule has 0 saturated carbocycles. The van der Waals surface area contributed by atoms with Gasteiger partial charge in [0.1, 0.15) is 0 Å². The molecule has 2 rings (SSSR count). The Kier molecular flexibility index (Phi) is 5.19. The minimum Gasteiger partial charge on any atom is -0.344 e. The molecule has 2 aliphatic rings. The Hall–Kier alpha value is -0.650. The van der Waals surface area contributed by atoms with Gasteiger partial charge in [-0.25, -0.2) is 0 Å². The summed E-state index contributed by atoms with van der Waals surface area (Å²) in [5.74, 6) is 1.01. The highest BCUT2D eigenvalue weighted by Crippen LogP contribution is 2.18. The highest BCUT2D eigenvalue weighted by Gasteiger charge is 2.27. The molecule has 1 amide bonds. The molecule has 5 heteroatoms. The molecular formula is C14H28N4O. The molecule has 1 N–H and O–H groups in total. The SMILES string of the molecule is CN1CCC(CCN(C)C(=O)C2CN(C)CCN2)C1. The third-order valence-electron chi connectivity index (χ3n) is 4.41. The molecule has 0 radical (unpaired) electrons. The van der Waals surface area contributed by atoms with Gasteiger partial charge >= 0.3 is 0 Å². The molecule has 0 aromatic rings. The van der Waals surface area contributed by atoms with E-state index in [0.717, 1.165) is 38.5 Å². The summed E-state index contributed by atoms with van der Waals surface area (Å²) in [6, 6.07) is -0.0185. The molecule has 2 aliphatic heterocycles. The van der Waals surface area contributed by atoms with Crippen LogP contribution in [-0.4, -0.2) is 87.1 Å². The van der Waals surface area contributed by atoms with Crippen molar-refractivity contribution in [3.63, 3.8) is 0 Å². The predicted molar refractivity (Wildman–Crippen MR) is 77.1 cm³/mol. The van der Waals surface area contributed by atoms with Gasteiger partial charge in [0.05, 0.1) is 6.04 Å². The zero-order valence-electron chi connectivity index (χ0n) is 12.6. The summed E-state index contributed by atoms with van der Waals surface area (Å²) in [4.78, 5) is 18.9. The zero-order chi connectivity index (χ0) is 13.8. The van der Waals surface area contributed by atoms with Crippen LogP contribution < -0.4 is 5.32 Å². The molecule has 0 aliphatic carbocycles. The summed E-state index contributed by atoms with van der Waals surface area (Å²) in [5, 5.41) is 3.32. The van der Waals surface area contributed by atoms with Gasteiger partial charge in [-0.15, -0.1) is 0 Å². The average Bonchev–Trinajstić information content (AvgIpc) is 2.81. The largest absolute Gasteiger partial charge is 0.344 e. The molecule has 19 heavy (non-hydrogen) atoms. The van der Waals surface area contributed by atoms with E-state index in [1.165, 1.54) is 19.5 Å². The second kappa shape index (κ2) is 6.68. The summed E-state index contributed by atoms with van der Waals surface area (Å²) in [5.41, 5.74) is 0. The van der Waals surface area contributed by atoms with Gasteiger partial charge in [-0.05, 0) is 39.4 Å². The van der Waals surface area contributed by atoms with Crippen molar-refractivity contribution in [2.45, 2.75) is 18.9 Å². The zero-order valence-corrected chi connectivity index (χ0v) is 12.6. The van der Waals surface area contributed by atoms with Gasteiger partial charge in [0.15, 0.2) is 0 Å². The van der Waals surface area contributed by atoms with Crippen molar-refractivity contribution in [2.75, 3.05) is 60.4 Å². The quantitative estimate of drug-likeness (QED) is 0.759. The lowest BCUT2D eigenvalue weighted by Crippen LogP contribution is -2.56. The van der Waals surface area contributed by atoms with Crippen LogP contribution in [0.1, 0.15) is 12.8 Å². The summed E-state index contributed by atoms with van der Waals surface area (Å²) in [6.07, 6.45) is 2.41. The standard InChI is InChI=1S/C14H28N4O/c1-16-7-4-12(10-16)5-8-18(3)14(19)13-11-17(2)9-6-15-13/h12-13,15H,4-11H2,1-3H3. The lowest BCUT2D eigenvalue weighted by atomic mass is 10.0. The minimum absolute atomic E-state index is 0.0185. The van der Waals surface area contributed by atoms with E-state index in [4.69, 9.17) is 0 Å². The molecule has 2 heterocycles. The lowest BCUT2D eigenvalue weighted by Gasteiger charge is -2.32. The van der Waals surface area contributed by atoms with E-state index >= 15 is 0 Å². The Morgan fingerprint density at radius 3 is 2.63 bits per heavy atom. The van der Waals surface area contributed by atoms with Gasteiger partial charge in [-0.1, -0.05) is 0 Å². The van der Waals surface area contributed by atoms with E-state index < -0.39 is 0 Å². The second-order valence-electron chi connectivity index (χ2n) is 6.23. The molecule has 0 spiro atoms. The van der Waals surface area contributed by atoms with Crippen molar-refractivity contribution in [3.05, 3.63) is 0 Å². The van der Waals surface area contributed by atoms with E-state index in [0.29, 0.717) is 0 Å². The number of nitrogens with one attached hydrogen (secondary N) is 1. The van der Waals surface area contributed by atoms with Crippen molar-refractivity contribution in [1.82, 2.24) is 20.0 Å². The second-order valence-corrected chi connectivity index (χ2v) is 6.23. The van der Waals surface area contributed by atoms with Crippen LogP contribution >= 0.6 is 0 Å². The van der Waals surface area contributed by atoms with E-state index in [-0.39, 0.29) is 11.9 Å². The number of rotatable bonds is 4. The molecule has 110 valence electrons. The maximum atomic E-state index is 12.3. The van der Waals surface area contributed by atoms with Crippen LogP contribution in [0, 0.1) is 5.92 Å².